The van der Waals surface area contributed by atoms with Crippen LogP contribution in [-0.4, -0.2) is 41.3 Å². The summed E-state index contributed by atoms with van der Waals surface area (Å²) in [7, 11) is 5.90. The number of hydrogen-bond donors (Lipinski definition) is 1. The van der Waals surface area contributed by atoms with Crippen LogP contribution in [0.5, 0.6) is 0 Å². The van der Waals surface area contributed by atoms with E-state index in [2.05, 4.69) is 61.2 Å². The third kappa shape index (κ3) is 5.70. The highest BCUT2D eigenvalue weighted by Crippen LogP contribution is 2.18. The number of nitrogens with one attached hydrogen (secondary N) is 1. The third-order valence-electron chi connectivity index (χ3n) is 3.71. The fourth-order valence-electron chi connectivity index (χ4n) is 2.59. The van der Waals surface area contributed by atoms with Crippen molar-refractivity contribution in [2.24, 2.45) is 18.0 Å². The molecule has 126 valence electrons. The summed E-state index contributed by atoms with van der Waals surface area (Å²) in [6, 6.07) is 0. The average molecular weight is 307 g/mol. The smallest absolute Gasteiger partial charge is 0.193 e. The highest BCUT2D eigenvalue weighted by molar-refractivity contribution is 5.79. The van der Waals surface area contributed by atoms with Crippen LogP contribution in [0.2, 0.25) is 0 Å². The first-order valence-corrected chi connectivity index (χ1v) is 8.29. The van der Waals surface area contributed by atoms with Gasteiger partial charge in [0.1, 0.15) is 0 Å². The van der Waals surface area contributed by atoms with Crippen LogP contribution < -0.4 is 5.32 Å². The third-order valence-corrected chi connectivity index (χ3v) is 3.71. The summed E-state index contributed by atoms with van der Waals surface area (Å²) in [5.74, 6) is 2.14. The highest BCUT2D eigenvalue weighted by atomic mass is 15.3. The summed E-state index contributed by atoms with van der Waals surface area (Å²) in [5.41, 5.74) is 2.44. The van der Waals surface area contributed by atoms with Gasteiger partial charge in [0.25, 0.3) is 0 Å². The molecule has 5 nitrogen and oxygen atoms in total. The molecule has 0 fully saturated rings. The van der Waals surface area contributed by atoms with E-state index in [-0.39, 0.29) is 0 Å². The van der Waals surface area contributed by atoms with Gasteiger partial charge in [-0.05, 0) is 24.7 Å². The van der Waals surface area contributed by atoms with E-state index in [1.54, 1.807) is 0 Å². The van der Waals surface area contributed by atoms with Crippen molar-refractivity contribution in [3.05, 3.63) is 17.5 Å². The summed E-state index contributed by atoms with van der Waals surface area (Å²) in [4.78, 5) is 6.55. The Kier molecular flexibility index (Phi) is 7.42. The molecule has 0 amide bonds. The number of hydrogen-bond acceptors (Lipinski definition) is 2. The van der Waals surface area contributed by atoms with E-state index in [9.17, 15) is 0 Å². The van der Waals surface area contributed by atoms with Crippen LogP contribution in [0, 0.1) is 5.92 Å². The van der Waals surface area contributed by atoms with Crippen LogP contribution in [0.4, 0.5) is 0 Å². The van der Waals surface area contributed by atoms with Crippen molar-refractivity contribution >= 4 is 5.96 Å². The van der Waals surface area contributed by atoms with Gasteiger partial charge >= 0.3 is 0 Å². The molecule has 0 radical (unpaired) electrons. The van der Waals surface area contributed by atoms with Gasteiger partial charge in [0.2, 0.25) is 0 Å². The van der Waals surface area contributed by atoms with Crippen LogP contribution in [0.1, 0.15) is 57.7 Å². The molecule has 0 aliphatic rings. The first kappa shape index (κ1) is 18.5. The maximum atomic E-state index is 4.57. The zero-order chi connectivity index (χ0) is 16.7. The van der Waals surface area contributed by atoms with Crippen molar-refractivity contribution in [2.45, 2.75) is 53.0 Å². The monoisotopic (exact) mass is 307 g/mol. The van der Waals surface area contributed by atoms with Crippen molar-refractivity contribution in [1.29, 1.82) is 0 Å². The zero-order valence-corrected chi connectivity index (χ0v) is 15.3. The van der Waals surface area contributed by atoms with Gasteiger partial charge < -0.3 is 10.2 Å². The minimum Gasteiger partial charge on any atom is -0.356 e. The lowest BCUT2D eigenvalue weighted by molar-refractivity contribution is 0.467. The number of aryl methyl sites for hydroxylation is 1. The maximum Gasteiger partial charge on any atom is 0.193 e. The molecule has 0 spiro atoms. The van der Waals surface area contributed by atoms with E-state index in [1.165, 1.54) is 24.1 Å². The molecule has 0 unspecified atom stereocenters. The SMILES string of the molecule is CN=C(NCCCC(C)C)N(C)Cc1cn(C)nc1C(C)C. The lowest BCUT2D eigenvalue weighted by Crippen LogP contribution is -2.39. The number of guanidine groups is 1. The van der Waals surface area contributed by atoms with Crippen LogP contribution in [0.25, 0.3) is 0 Å². The molecule has 0 saturated heterocycles. The molecule has 1 heterocycles. The van der Waals surface area contributed by atoms with E-state index < -0.39 is 0 Å². The molecule has 1 aromatic rings. The Morgan fingerprint density at radius 3 is 2.59 bits per heavy atom. The second kappa shape index (κ2) is 8.81. The lowest BCUT2D eigenvalue weighted by atomic mass is 10.1. The fourth-order valence-corrected chi connectivity index (χ4v) is 2.59. The van der Waals surface area contributed by atoms with Crippen molar-refractivity contribution < 1.29 is 0 Å². The first-order valence-electron chi connectivity index (χ1n) is 8.29. The first-order chi connectivity index (χ1) is 10.3. The number of nitrogens with zero attached hydrogens (tertiary/aromatic N) is 4. The van der Waals surface area contributed by atoms with Gasteiger partial charge in [-0.25, -0.2) is 0 Å². The van der Waals surface area contributed by atoms with E-state index in [1.807, 2.05) is 18.8 Å². The van der Waals surface area contributed by atoms with Crippen molar-refractivity contribution in [3.63, 3.8) is 0 Å². The Balaban J connectivity index is 2.60. The average Bonchev–Trinajstić information content (AvgIpc) is 2.79. The molecule has 0 bridgehead atoms. The number of aliphatic imine (C=N–C) groups is 1. The predicted octanol–water partition coefficient (Wildman–Crippen LogP) is 2.99. The Bertz CT molecular complexity index is 473. The Morgan fingerprint density at radius 2 is 2.05 bits per heavy atom. The maximum absolute atomic E-state index is 4.57. The predicted molar refractivity (Wildman–Crippen MR) is 94.2 cm³/mol. The second-order valence-electron chi connectivity index (χ2n) is 6.73. The normalized spacial score (nSPS) is 12.3. The lowest BCUT2D eigenvalue weighted by Gasteiger charge is -2.22. The van der Waals surface area contributed by atoms with Gasteiger partial charge in [0.15, 0.2) is 5.96 Å². The Hall–Kier alpha value is -1.52. The van der Waals surface area contributed by atoms with Gasteiger partial charge in [0, 0.05) is 46.0 Å². The molecule has 0 aromatic carbocycles. The van der Waals surface area contributed by atoms with Gasteiger partial charge in [0.05, 0.1) is 5.69 Å². The topological polar surface area (TPSA) is 45.5 Å². The van der Waals surface area contributed by atoms with Crippen molar-refractivity contribution in [3.8, 4) is 0 Å². The quantitative estimate of drug-likeness (QED) is 0.478. The van der Waals surface area contributed by atoms with Crippen LogP contribution in [0.15, 0.2) is 11.2 Å². The second-order valence-corrected chi connectivity index (χ2v) is 6.73. The van der Waals surface area contributed by atoms with E-state index in [0.29, 0.717) is 5.92 Å². The van der Waals surface area contributed by atoms with Crippen molar-refractivity contribution in [1.82, 2.24) is 20.0 Å². The molecule has 0 atom stereocenters. The molecule has 1 rings (SSSR count). The van der Waals surface area contributed by atoms with Gasteiger partial charge in [-0.15, -0.1) is 0 Å². The number of rotatable bonds is 7. The summed E-state index contributed by atoms with van der Waals surface area (Å²) < 4.78 is 1.90. The van der Waals surface area contributed by atoms with Gasteiger partial charge in [-0.2, -0.15) is 5.10 Å². The molecule has 22 heavy (non-hydrogen) atoms. The van der Waals surface area contributed by atoms with Gasteiger partial charge in [-0.1, -0.05) is 27.7 Å². The molecule has 0 saturated carbocycles. The van der Waals surface area contributed by atoms with Gasteiger partial charge in [-0.3, -0.25) is 9.67 Å². The van der Waals surface area contributed by atoms with E-state index in [0.717, 1.165) is 25.0 Å². The summed E-state index contributed by atoms with van der Waals surface area (Å²) in [5, 5.41) is 8.02. The van der Waals surface area contributed by atoms with Crippen LogP contribution >= 0.6 is 0 Å². The minimum atomic E-state index is 0.436. The Labute approximate surface area is 135 Å². The molecule has 0 aliphatic carbocycles. The number of aromatic nitrogens is 2. The minimum absolute atomic E-state index is 0.436. The molecular weight excluding hydrogens is 274 g/mol. The fraction of sp³-hybridized carbons (Fsp3) is 0.765. The van der Waals surface area contributed by atoms with E-state index >= 15 is 0 Å². The molecule has 1 N–H and O–H groups in total. The molecule has 0 aliphatic heterocycles. The zero-order valence-electron chi connectivity index (χ0n) is 15.3. The Morgan fingerprint density at radius 1 is 1.36 bits per heavy atom. The summed E-state index contributed by atoms with van der Waals surface area (Å²) in [6.07, 6.45) is 4.53. The molecule has 1 aromatic heterocycles. The highest BCUT2D eigenvalue weighted by Gasteiger charge is 2.14. The van der Waals surface area contributed by atoms with Crippen molar-refractivity contribution in [2.75, 3.05) is 20.6 Å². The largest absolute Gasteiger partial charge is 0.356 e. The molecular formula is C17H33N5. The van der Waals surface area contributed by atoms with E-state index in [4.69, 9.17) is 0 Å². The molecule has 5 heteroatoms. The standard InChI is InChI=1S/C17H33N5/c1-13(2)9-8-10-19-17(18-5)21(6)11-15-12-22(7)20-16(15)14(3)4/h12-14H,8-11H2,1-7H3,(H,18,19). The summed E-state index contributed by atoms with van der Waals surface area (Å²) >= 11 is 0. The van der Waals surface area contributed by atoms with Crippen LogP contribution in [-0.2, 0) is 13.6 Å². The summed E-state index contributed by atoms with van der Waals surface area (Å²) in [6.45, 7) is 10.7. The van der Waals surface area contributed by atoms with Crippen LogP contribution in [0.3, 0.4) is 0 Å².